The molecule has 1 aliphatic heterocycles. The number of benzene rings is 2. The summed E-state index contributed by atoms with van der Waals surface area (Å²) >= 11 is 6.41. The Hall–Kier alpha value is -2.70. The van der Waals surface area contributed by atoms with E-state index in [0.29, 0.717) is 14.8 Å². The van der Waals surface area contributed by atoms with Crippen molar-refractivity contribution in [3.8, 4) is 0 Å². The van der Waals surface area contributed by atoms with Crippen molar-refractivity contribution in [2.24, 2.45) is 0 Å². The topological polar surface area (TPSA) is 49.4 Å². The van der Waals surface area contributed by atoms with Gasteiger partial charge in [0.2, 0.25) is 0 Å². The van der Waals surface area contributed by atoms with Gasteiger partial charge < -0.3 is 0 Å². The Labute approximate surface area is 161 Å². The highest BCUT2D eigenvalue weighted by atomic mass is 32.2. The maximum absolute atomic E-state index is 12.6. The summed E-state index contributed by atoms with van der Waals surface area (Å²) in [7, 11) is 0. The number of allylic oxidation sites excluding steroid dienone is 2. The largest absolute Gasteiger partial charge is 0.285 e. The number of amides is 2. The Balaban J connectivity index is 1.74. The van der Waals surface area contributed by atoms with Crippen LogP contribution in [0.5, 0.6) is 0 Å². The molecule has 0 bridgehead atoms. The molecule has 1 saturated heterocycles. The summed E-state index contributed by atoms with van der Waals surface area (Å²) in [6.07, 6.45) is 3.76. The van der Waals surface area contributed by atoms with Crippen molar-refractivity contribution in [1.29, 1.82) is 0 Å². The van der Waals surface area contributed by atoms with Crippen molar-refractivity contribution in [1.82, 2.24) is 10.4 Å². The fraction of sp³-hybridized carbons (Fsp3) is 0.0500. The number of carbonyl (C=O) groups is 2. The van der Waals surface area contributed by atoms with Crippen LogP contribution in [0.2, 0.25) is 0 Å². The van der Waals surface area contributed by atoms with E-state index in [4.69, 9.17) is 12.2 Å². The predicted octanol–water partition coefficient (Wildman–Crippen LogP) is 4.18. The van der Waals surface area contributed by atoms with Crippen molar-refractivity contribution in [3.63, 3.8) is 0 Å². The van der Waals surface area contributed by atoms with Crippen LogP contribution < -0.4 is 5.43 Å². The van der Waals surface area contributed by atoms with E-state index in [1.165, 1.54) is 11.8 Å². The Morgan fingerprint density at radius 2 is 1.69 bits per heavy atom. The van der Waals surface area contributed by atoms with Gasteiger partial charge >= 0.3 is 0 Å². The van der Waals surface area contributed by atoms with Crippen molar-refractivity contribution in [3.05, 3.63) is 88.3 Å². The van der Waals surface area contributed by atoms with Gasteiger partial charge in [0.05, 0.1) is 4.91 Å². The van der Waals surface area contributed by atoms with E-state index < -0.39 is 0 Å². The van der Waals surface area contributed by atoms with Gasteiger partial charge in [-0.1, -0.05) is 66.4 Å². The number of carbonyl (C=O) groups excluding carboxylic acids is 2. The number of rotatable bonds is 4. The van der Waals surface area contributed by atoms with Crippen molar-refractivity contribution >= 4 is 46.2 Å². The highest BCUT2D eigenvalue weighted by Crippen LogP contribution is 2.31. The van der Waals surface area contributed by atoms with Gasteiger partial charge in [-0.05, 0) is 48.5 Å². The zero-order chi connectivity index (χ0) is 18.5. The normalized spacial score (nSPS) is 16.3. The number of thioether (sulfide) groups is 1. The van der Waals surface area contributed by atoms with Gasteiger partial charge in [0.1, 0.15) is 0 Å². The molecule has 1 N–H and O–H groups in total. The Morgan fingerprint density at radius 1 is 1.08 bits per heavy atom. The van der Waals surface area contributed by atoms with E-state index in [9.17, 15) is 9.59 Å². The molecule has 26 heavy (non-hydrogen) atoms. The number of thiocarbonyl (C=S) groups is 1. The summed E-state index contributed by atoms with van der Waals surface area (Å²) in [5, 5.41) is 1.12. The van der Waals surface area contributed by atoms with Crippen LogP contribution in [0.4, 0.5) is 0 Å². The van der Waals surface area contributed by atoms with E-state index in [0.717, 1.165) is 16.1 Å². The lowest BCUT2D eigenvalue weighted by atomic mass is 10.1. The molecule has 4 nitrogen and oxygen atoms in total. The second-order valence-electron chi connectivity index (χ2n) is 5.62. The first-order chi connectivity index (χ1) is 12.5. The van der Waals surface area contributed by atoms with E-state index >= 15 is 0 Å². The zero-order valence-electron chi connectivity index (χ0n) is 14.0. The van der Waals surface area contributed by atoms with Gasteiger partial charge in [0.15, 0.2) is 4.32 Å². The van der Waals surface area contributed by atoms with Crippen LogP contribution in [0, 0.1) is 0 Å². The lowest BCUT2D eigenvalue weighted by Crippen LogP contribution is -2.44. The van der Waals surface area contributed by atoms with Gasteiger partial charge in [-0.3, -0.25) is 15.0 Å². The molecule has 6 heteroatoms. The first-order valence-corrected chi connectivity index (χ1v) is 9.14. The van der Waals surface area contributed by atoms with Crippen LogP contribution in [-0.2, 0) is 4.79 Å². The maximum Gasteiger partial charge on any atom is 0.285 e. The van der Waals surface area contributed by atoms with Crippen LogP contribution >= 0.6 is 24.0 Å². The molecule has 1 fully saturated rings. The van der Waals surface area contributed by atoms with Gasteiger partial charge in [-0.25, -0.2) is 0 Å². The smallest absolute Gasteiger partial charge is 0.267 e. The SMILES string of the molecule is CC(=C/c1ccccc1)/C=C1/SC(=S)N(NC(=O)c2ccccc2)C1=O. The minimum atomic E-state index is -0.375. The predicted molar refractivity (Wildman–Crippen MR) is 109 cm³/mol. The van der Waals surface area contributed by atoms with Gasteiger partial charge in [-0.2, -0.15) is 5.01 Å². The molecule has 3 rings (SSSR count). The van der Waals surface area contributed by atoms with Crippen LogP contribution in [0.25, 0.3) is 6.08 Å². The quantitative estimate of drug-likeness (QED) is 0.639. The zero-order valence-corrected chi connectivity index (χ0v) is 15.6. The summed E-state index contributed by atoms with van der Waals surface area (Å²) in [4.78, 5) is 25.3. The van der Waals surface area contributed by atoms with E-state index in [1.807, 2.05) is 49.4 Å². The molecule has 2 amide bonds. The minimum absolute atomic E-state index is 0.304. The number of hydrazine groups is 1. The maximum atomic E-state index is 12.6. The molecule has 0 radical (unpaired) electrons. The van der Waals surface area contributed by atoms with Gasteiger partial charge in [-0.15, -0.1) is 0 Å². The highest BCUT2D eigenvalue weighted by Gasteiger charge is 2.33. The summed E-state index contributed by atoms with van der Waals surface area (Å²) in [5.74, 6) is -0.704. The number of hydrogen-bond donors (Lipinski definition) is 1. The number of nitrogens with one attached hydrogen (secondary N) is 1. The molecule has 0 spiro atoms. The van der Waals surface area contributed by atoms with Crippen LogP contribution in [0.15, 0.2) is 77.2 Å². The molecule has 2 aromatic carbocycles. The van der Waals surface area contributed by atoms with E-state index in [-0.39, 0.29) is 11.8 Å². The molecule has 2 aromatic rings. The fourth-order valence-corrected chi connectivity index (χ4v) is 3.61. The van der Waals surface area contributed by atoms with Crippen molar-refractivity contribution < 1.29 is 9.59 Å². The molecule has 0 atom stereocenters. The monoisotopic (exact) mass is 380 g/mol. The van der Waals surface area contributed by atoms with Gasteiger partial charge in [0, 0.05) is 5.56 Å². The Bertz CT molecular complexity index is 906. The second kappa shape index (κ2) is 8.12. The molecule has 0 saturated carbocycles. The third-order valence-corrected chi connectivity index (χ3v) is 4.90. The standard InChI is InChI=1S/C20H16N2O2S2/c1-14(12-15-8-4-2-5-9-15)13-17-19(24)22(20(25)26-17)21-18(23)16-10-6-3-7-11-16/h2-13H,1H3,(H,21,23)/b14-12-,17-13+. The summed E-state index contributed by atoms with van der Waals surface area (Å²) < 4.78 is 0.304. The van der Waals surface area contributed by atoms with Gasteiger partial charge in [0.25, 0.3) is 11.8 Å². The lowest BCUT2D eigenvalue weighted by Gasteiger charge is -2.15. The molecular formula is C20H16N2O2S2. The van der Waals surface area contributed by atoms with E-state index in [2.05, 4.69) is 5.43 Å². The first-order valence-electron chi connectivity index (χ1n) is 7.92. The molecule has 0 unspecified atom stereocenters. The molecule has 0 aromatic heterocycles. The van der Waals surface area contributed by atoms with Crippen LogP contribution in [0.3, 0.4) is 0 Å². The summed E-state index contributed by atoms with van der Waals surface area (Å²) in [6.45, 7) is 1.92. The minimum Gasteiger partial charge on any atom is -0.267 e. The molecule has 1 aliphatic rings. The van der Waals surface area contributed by atoms with Crippen LogP contribution in [0.1, 0.15) is 22.8 Å². The Morgan fingerprint density at radius 3 is 2.35 bits per heavy atom. The van der Waals surface area contributed by atoms with Crippen molar-refractivity contribution in [2.45, 2.75) is 6.92 Å². The molecule has 1 heterocycles. The molecule has 130 valence electrons. The number of nitrogens with zero attached hydrogens (tertiary/aromatic N) is 1. The summed E-state index contributed by atoms with van der Waals surface area (Å²) in [5.41, 5.74) is 5.01. The molecule has 0 aliphatic carbocycles. The first kappa shape index (κ1) is 18.1. The lowest BCUT2D eigenvalue weighted by molar-refractivity contribution is -0.123. The average Bonchev–Trinajstić information content (AvgIpc) is 2.90. The third-order valence-electron chi connectivity index (χ3n) is 3.60. The number of hydrogen-bond acceptors (Lipinski definition) is 4. The average molecular weight is 380 g/mol. The summed E-state index contributed by atoms with van der Waals surface area (Å²) in [6, 6.07) is 18.5. The van der Waals surface area contributed by atoms with E-state index in [1.54, 1.807) is 30.3 Å². The molecular weight excluding hydrogens is 364 g/mol. The van der Waals surface area contributed by atoms with Crippen LogP contribution in [-0.4, -0.2) is 21.1 Å². The third kappa shape index (κ3) is 4.28. The Kier molecular flexibility index (Phi) is 5.65. The van der Waals surface area contributed by atoms with Crippen molar-refractivity contribution in [2.75, 3.05) is 0 Å². The second-order valence-corrected chi connectivity index (χ2v) is 7.30. The highest BCUT2D eigenvalue weighted by molar-refractivity contribution is 8.26. The fourth-order valence-electron chi connectivity index (χ4n) is 2.38.